The van der Waals surface area contributed by atoms with E-state index in [-0.39, 0.29) is 36.4 Å². The maximum atomic E-state index is 13.5. The first-order valence-electron chi connectivity index (χ1n) is 14.6. The van der Waals surface area contributed by atoms with Gasteiger partial charge in [0.05, 0.1) is 36.4 Å². The molecular formula is C33H33N3O10. The van der Waals surface area contributed by atoms with E-state index < -0.39 is 60.5 Å². The molecule has 0 spiro atoms. The summed E-state index contributed by atoms with van der Waals surface area (Å²) >= 11 is 0. The van der Waals surface area contributed by atoms with Crippen LogP contribution in [0.1, 0.15) is 44.9 Å². The third-order valence-corrected chi connectivity index (χ3v) is 7.19. The second kappa shape index (κ2) is 15.0. The van der Waals surface area contributed by atoms with Crippen LogP contribution in [0.3, 0.4) is 0 Å². The lowest BCUT2D eigenvalue weighted by Gasteiger charge is -2.44. The van der Waals surface area contributed by atoms with Gasteiger partial charge in [-0.1, -0.05) is 59.7 Å². The van der Waals surface area contributed by atoms with Gasteiger partial charge in [-0.15, -0.1) is 0 Å². The Kier molecular flexibility index (Phi) is 10.6. The van der Waals surface area contributed by atoms with Crippen molar-refractivity contribution >= 4 is 17.9 Å². The zero-order valence-electron chi connectivity index (χ0n) is 25.2. The van der Waals surface area contributed by atoms with Crippen molar-refractivity contribution in [2.45, 2.75) is 56.4 Å². The summed E-state index contributed by atoms with van der Waals surface area (Å²) in [6, 6.07) is 24.4. The summed E-state index contributed by atoms with van der Waals surface area (Å²) in [7, 11) is 0. The highest BCUT2D eigenvalue weighted by atomic mass is 16.8. The first kappa shape index (κ1) is 32.6. The van der Waals surface area contributed by atoms with E-state index in [9.17, 15) is 14.4 Å². The van der Waals surface area contributed by atoms with Gasteiger partial charge in [-0.25, -0.2) is 14.4 Å². The van der Waals surface area contributed by atoms with Crippen LogP contribution in [0.4, 0.5) is 0 Å². The number of hydrogen-bond donors (Lipinski definition) is 0. The highest BCUT2D eigenvalue weighted by Crippen LogP contribution is 2.32. The van der Waals surface area contributed by atoms with Crippen LogP contribution >= 0.6 is 0 Å². The minimum absolute atomic E-state index is 0.0600. The maximum absolute atomic E-state index is 13.5. The molecule has 1 unspecified atom stereocenters. The molecular weight excluding hydrogens is 598 g/mol. The molecule has 0 aliphatic carbocycles. The second-order valence-corrected chi connectivity index (χ2v) is 10.9. The van der Waals surface area contributed by atoms with E-state index in [2.05, 4.69) is 10.0 Å². The third-order valence-electron chi connectivity index (χ3n) is 7.19. The van der Waals surface area contributed by atoms with Gasteiger partial charge in [0.25, 0.3) is 0 Å². The maximum Gasteiger partial charge on any atom is 0.338 e. The van der Waals surface area contributed by atoms with Crippen molar-refractivity contribution in [3.63, 3.8) is 0 Å². The monoisotopic (exact) mass is 631 g/mol. The number of rotatable bonds is 11. The van der Waals surface area contributed by atoms with Crippen LogP contribution < -0.4 is 0 Å². The Hall–Kier alpha value is -4.78. The van der Waals surface area contributed by atoms with Gasteiger partial charge in [-0.2, -0.15) is 0 Å². The van der Waals surface area contributed by atoms with E-state index in [4.69, 9.17) is 38.7 Å². The van der Waals surface area contributed by atoms with Crippen LogP contribution in [0.5, 0.6) is 0 Å². The summed E-state index contributed by atoms with van der Waals surface area (Å²) in [4.78, 5) is 43.1. The average Bonchev–Trinajstić information content (AvgIpc) is 3.44. The number of nitrogens with zero attached hydrogens (tertiary/aromatic N) is 3. The molecule has 2 aliphatic rings. The van der Waals surface area contributed by atoms with Crippen LogP contribution in [-0.2, 0) is 33.2 Å². The van der Waals surface area contributed by atoms with Gasteiger partial charge < -0.3 is 33.2 Å². The minimum atomic E-state index is -1.47. The largest absolute Gasteiger partial charge is 0.452 e. The van der Waals surface area contributed by atoms with Crippen molar-refractivity contribution in [2.24, 2.45) is 5.11 Å². The molecule has 0 radical (unpaired) electrons. The molecule has 2 aliphatic heterocycles. The van der Waals surface area contributed by atoms with E-state index in [1.807, 2.05) is 0 Å². The molecule has 0 amide bonds. The van der Waals surface area contributed by atoms with E-state index >= 15 is 0 Å². The quantitative estimate of drug-likeness (QED) is 0.0938. The third kappa shape index (κ3) is 8.27. The Morgan fingerprint density at radius 2 is 1.26 bits per heavy atom. The van der Waals surface area contributed by atoms with Crippen molar-refractivity contribution in [1.82, 2.24) is 0 Å². The zero-order chi connectivity index (χ0) is 32.5. The number of benzene rings is 3. The molecule has 5 rings (SSSR count). The van der Waals surface area contributed by atoms with Crippen molar-refractivity contribution in [2.75, 3.05) is 19.8 Å². The van der Waals surface area contributed by atoms with Crippen LogP contribution in [0.25, 0.3) is 10.4 Å². The summed E-state index contributed by atoms with van der Waals surface area (Å²) < 4.78 is 41.6. The fourth-order valence-electron chi connectivity index (χ4n) is 5.02. The summed E-state index contributed by atoms with van der Waals surface area (Å²) in [6.07, 6.45) is -7.37. The Balaban J connectivity index is 1.52. The van der Waals surface area contributed by atoms with Crippen molar-refractivity contribution in [1.29, 1.82) is 0 Å². The first-order valence-corrected chi connectivity index (χ1v) is 14.6. The summed E-state index contributed by atoms with van der Waals surface area (Å²) in [5.41, 5.74) is 9.74. The molecule has 240 valence electrons. The number of carbonyl (C=O) groups is 3. The molecule has 2 saturated heterocycles. The number of ether oxygens (including phenoxy) is 7. The van der Waals surface area contributed by atoms with Crippen molar-refractivity contribution in [3.8, 4) is 0 Å². The molecule has 13 nitrogen and oxygen atoms in total. The second-order valence-electron chi connectivity index (χ2n) is 10.9. The Labute approximate surface area is 264 Å². The molecule has 0 N–H and O–H groups in total. The van der Waals surface area contributed by atoms with Crippen LogP contribution in [0.2, 0.25) is 0 Å². The molecule has 0 aromatic heterocycles. The molecule has 3 aromatic rings. The minimum Gasteiger partial charge on any atom is -0.452 e. The van der Waals surface area contributed by atoms with E-state index in [0.717, 1.165) is 0 Å². The van der Waals surface area contributed by atoms with E-state index in [1.165, 1.54) is 0 Å². The summed E-state index contributed by atoms with van der Waals surface area (Å²) in [5.74, 6) is -3.17. The molecule has 2 fully saturated rings. The van der Waals surface area contributed by atoms with Gasteiger partial charge in [0.2, 0.25) is 0 Å². The van der Waals surface area contributed by atoms with Gasteiger partial charge in [-0.3, -0.25) is 0 Å². The molecule has 2 heterocycles. The van der Waals surface area contributed by atoms with Gasteiger partial charge in [0.1, 0.15) is 12.2 Å². The smallest absolute Gasteiger partial charge is 0.338 e. The molecule has 0 bridgehead atoms. The number of esters is 3. The highest BCUT2D eigenvalue weighted by Gasteiger charge is 2.53. The van der Waals surface area contributed by atoms with Crippen LogP contribution in [0, 0.1) is 0 Å². The van der Waals surface area contributed by atoms with Gasteiger partial charge >= 0.3 is 17.9 Å². The standard InChI is InChI=1S/C33H33N3O10/c1-33(2)41-20-24(46-33)19-40-32-28(45-31(39)23-16-10-5-11-17-23)27(44-30(38)22-14-8-4-9-15-22)26(25(42-32)18-35-36-34)43-29(37)21-12-6-3-7-13-21/h3-17,24-28,32H,18-20H2,1-2H3/t24?,25-,26-,27+,28+,32+/m1/s1. The molecule has 46 heavy (non-hydrogen) atoms. The zero-order valence-corrected chi connectivity index (χ0v) is 25.2. The predicted octanol–water partition coefficient (Wildman–Crippen LogP) is 4.87. The van der Waals surface area contributed by atoms with Crippen molar-refractivity contribution < 1.29 is 47.5 Å². The number of hydrogen-bond acceptors (Lipinski definition) is 11. The molecule has 13 heteroatoms. The predicted molar refractivity (Wildman–Crippen MR) is 160 cm³/mol. The number of azide groups is 1. The average molecular weight is 632 g/mol. The highest BCUT2D eigenvalue weighted by molar-refractivity contribution is 5.91. The van der Waals surface area contributed by atoms with E-state index in [1.54, 1.807) is 105 Å². The van der Waals surface area contributed by atoms with Crippen LogP contribution in [-0.4, -0.2) is 80.3 Å². The summed E-state index contributed by atoms with van der Waals surface area (Å²) in [5, 5.41) is 3.64. The van der Waals surface area contributed by atoms with Gasteiger partial charge in [0, 0.05) is 4.91 Å². The Morgan fingerprint density at radius 3 is 1.72 bits per heavy atom. The lowest BCUT2D eigenvalue weighted by molar-refractivity contribution is -0.296. The summed E-state index contributed by atoms with van der Waals surface area (Å²) in [6.45, 7) is 3.35. The fraction of sp³-hybridized carbons (Fsp3) is 0.364. The van der Waals surface area contributed by atoms with E-state index in [0.29, 0.717) is 0 Å². The van der Waals surface area contributed by atoms with Crippen LogP contribution in [0.15, 0.2) is 96.1 Å². The normalized spacial score (nSPS) is 25.1. The number of carbonyl (C=O) groups excluding carboxylic acids is 3. The fourth-order valence-corrected chi connectivity index (χ4v) is 5.02. The van der Waals surface area contributed by atoms with Gasteiger partial charge in [-0.05, 0) is 55.8 Å². The molecule has 6 atom stereocenters. The van der Waals surface area contributed by atoms with Gasteiger partial charge in [0.15, 0.2) is 30.4 Å². The molecule has 0 saturated carbocycles. The SMILES string of the molecule is CC1(C)OCC(CO[C@H]2O[C@H](CN=[N+]=[N-])[C@@H](OC(=O)c3ccccc3)[C@H](OC(=O)c3ccccc3)[C@@H]2OC(=O)c2ccccc2)O1. The molecule has 3 aromatic carbocycles. The lowest BCUT2D eigenvalue weighted by atomic mass is 9.97. The lowest BCUT2D eigenvalue weighted by Crippen LogP contribution is -2.63. The Morgan fingerprint density at radius 1 is 0.783 bits per heavy atom. The first-order chi connectivity index (χ1) is 22.2. The Bertz CT molecular complexity index is 1530. The topological polar surface area (TPSA) is 165 Å². The van der Waals surface area contributed by atoms with Crippen molar-refractivity contribution in [3.05, 3.63) is 118 Å².